The Hall–Kier alpha value is -0.980. The Bertz CT molecular complexity index is 319. The second-order valence-corrected chi connectivity index (χ2v) is 4.56. The van der Waals surface area contributed by atoms with E-state index in [0.29, 0.717) is 6.04 Å². The highest BCUT2D eigenvalue weighted by Gasteiger charge is 2.19. The van der Waals surface area contributed by atoms with Crippen molar-refractivity contribution >= 4 is 5.69 Å². The molecule has 0 radical (unpaired) electrons. The molecule has 1 aliphatic heterocycles. The van der Waals surface area contributed by atoms with E-state index in [0.717, 1.165) is 0 Å². The van der Waals surface area contributed by atoms with Gasteiger partial charge in [0.15, 0.2) is 0 Å². The Balaban J connectivity index is 2.21. The summed E-state index contributed by atoms with van der Waals surface area (Å²) in [5, 5.41) is 0. The van der Waals surface area contributed by atoms with E-state index in [2.05, 4.69) is 43.0 Å². The first kappa shape index (κ1) is 10.5. The molecule has 1 atom stereocenters. The van der Waals surface area contributed by atoms with Crippen molar-refractivity contribution in [2.24, 2.45) is 0 Å². The number of benzene rings is 1. The number of aryl methyl sites for hydroxylation is 1. The van der Waals surface area contributed by atoms with E-state index >= 15 is 0 Å². The molecule has 1 aromatic carbocycles. The number of nitrogens with zero attached hydrogens (tertiary/aromatic N) is 1. The van der Waals surface area contributed by atoms with Gasteiger partial charge < -0.3 is 4.90 Å². The van der Waals surface area contributed by atoms with Gasteiger partial charge in [-0.3, -0.25) is 0 Å². The topological polar surface area (TPSA) is 3.24 Å². The van der Waals surface area contributed by atoms with Crippen LogP contribution >= 0.6 is 0 Å². The second-order valence-electron chi connectivity index (χ2n) is 4.56. The molecule has 1 heteroatoms. The van der Waals surface area contributed by atoms with Crippen LogP contribution in [0.15, 0.2) is 24.3 Å². The van der Waals surface area contributed by atoms with Crippen molar-refractivity contribution in [3.8, 4) is 0 Å². The minimum Gasteiger partial charge on any atom is -0.369 e. The molecule has 1 unspecified atom stereocenters. The number of hydrogen-bond acceptors (Lipinski definition) is 1. The molecule has 15 heavy (non-hydrogen) atoms. The lowest BCUT2D eigenvalue weighted by atomic mass is 9.99. The van der Waals surface area contributed by atoms with Gasteiger partial charge in [-0.15, -0.1) is 0 Å². The fourth-order valence-corrected chi connectivity index (χ4v) is 2.59. The number of para-hydroxylation sites is 1. The Morgan fingerprint density at radius 1 is 1.33 bits per heavy atom. The highest BCUT2D eigenvalue weighted by molar-refractivity contribution is 5.56. The van der Waals surface area contributed by atoms with Crippen molar-refractivity contribution < 1.29 is 0 Å². The molecule has 0 aliphatic carbocycles. The predicted molar refractivity (Wildman–Crippen MR) is 66.5 cm³/mol. The van der Waals surface area contributed by atoms with Crippen LogP contribution in [0.1, 0.15) is 38.7 Å². The predicted octanol–water partition coefficient (Wildman–Crippen LogP) is 3.63. The van der Waals surface area contributed by atoms with Crippen LogP contribution in [0.25, 0.3) is 0 Å². The molecule has 0 spiro atoms. The molecule has 2 rings (SSSR count). The number of hydrogen-bond donors (Lipinski definition) is 0. The maximum Gasteiger partial charge on any atom is 0.0401 e. The molecular formula is C14H21N. The summed E-state index contributed by atoms with van der Waals surface area (Å²) in [7, 11) is 0. The third-order valence-corrected chi connectivity index (χ3v) is 3.38. The van der Waals surface area contributed by atoms with Gasteiger partial charge in [0.25, 0.3) is 0 Å². The Labute approximate surface area is 93.1 Å². The van der Waals surface area contributed by atoms with E-state index in [-0.39, 0.29) is 0 Å². The summed E-state index contributed by atoms with van der Waals surface area (Å²) in [4.78, 5) is 2.59. The summed E-state index contributed by atoms with van der Waals surface area (Å²) in [6, 6.07) is 9.57. The lowest BCUT2D eigenvalue weighted by Crippen LogP contribution is -2.37. The first-order valence-corrected chi connectivity index (χ1v) is 6.17. The van der Waals surface area contributed by atoms with Gasteiger partial charge in [0.05, 0.1) is 0 Å². The third-order valence-electron chi connectivity index (χ3n) is 3.38. The van der Waals surface area contributed by atoms with Gasteiger partial charge in [-0.25, -0.2) is 0 Å². The Kier molecular flexibility index (Phi) is 3.30. The van der Waals surface area contributed by atoms with Gasteiger partial charge in [-0.05, 0) is 37.8 Å². The standard InChI is InChI=1S/C14H21N/c1-3-7-12(2)15-11-6-9-13-8-4-5-10-14(13)15/h4-5,8,10,12H,3,6-7,9,11H2,1-2H3. The van der Waals surface area contributed by atoms with E-state index in [4.69, 9.17) is 0 Å². The van der Waals surface area contributed by atoms with Crippen molar-refractivity contribution in [3.05, 3.63) is 29.8 Å². The third kappa shape index (κ3) is 2.17. The van der Waals surface area contributed by atoms with Crippen LogP contribution in [-0.4, -0.2) is 12.6 Å². The van der Waals surface area contributed by atoms with E-state index in [1.165, 1.54) is 43.5 Å². The van der Waals surface area contributed by atoms with E-state index in [1.54, 1.807) is 0 Å². The molecular weight excluding hydrogens is 182 g/mol. The van der Waals surface area contributed by atoms with E-state index < -0.39 is 0 Å². The molecule has 1 nitrogen and oxygen atoms in total. The van der Waals surface area contributed by atoms with Crippen LogP contribution in [0.3, 0.4) is 0 Å². The molecule has 0 aromatic heterocycles. The first-order valence-electron chi connectivity index (χ1n) is 6.17. The molecule has 0 N–H and O–H groups in total. The minimum absolute atomic E-state index is 0.691. The number of anilines is 1. The highest BCUT2D eigenvalue weighted by Crippen LogP contribution is 2.29. The SMILES string of the molecule is CCCC(C)N1CCCc2ccccc21. The molecule has 0 saturated heterocycles. The normalized spacial score (nSPS) is 17.3. The Morgan fingerprint density at radius 2 is 2.13 bits per heavy atom. The van der Waals surface area contributed by atoms with Crippen LogP contribution in [-0.2, 0) is 6.42 Å². The summed E-state index contributed by atoms with van der Waals surface area (Å²) in [5.74, 6) is 0. The monoisotopic (exact) mass is 203 g/mol. The largest absolute Gasteiger partial charge is 0.369 e. The second kappa shape index (κ2) is 4.69. The fraction of sp³-hybridized carbons (Fsp3) is 0.571. The lowest BCUT2D eigenvalue weighted by Gasteiger charge is -2.36. The summed E-state index contributed by atoms with van der Waals surface area (Å²) >= 11 is 0. The average molecular weight is 203 g/mol. The van der Waals surface area contributed by atoms with Crippen molar-refractivity contribution in [3.63, 3.8) is 0 Å². The van der Waals surface area contributed by atoms with Gasteiger partial charge in [0, 0.05) is 18.3 Å². The molecule has 0 saturated carbocycles. The summed E-state index contributed by atoms with van der Waals surface area (Å²) in [5.41, 5.74) is 3.01. The average Bonchev–Trinajstić information content (AvgIpc) is 2.28. The van der Waals surface area contributed by atoms with E-state index in [9.17, 15) is 0 Å². The molecule has 0 amide bonds. The zero-order valence-corrected chi connectivity index (χ0v) is 9.87. The molecule has 1 heterocycles. The summed E-state index contributed by atoms with van der Waals surface area (Å²) in [6.45, 7) is 5.86. The first-order chi connectivity index (χ1) is 7.33. The Morgan fingerprint density at radius 3 is 2.93 bits per heavy atom. The van der Waals surface area contributed by atoms with Crippen molar-refractivity contribution in [1.82, 2.24) is 0 Å². The van der Waals surface area contributed by atoms with Crippen molar-refractivity contribution in [2.75, 3.05) is 11.4 Å². The van der Waals surface area contributed by atoms with Crippen molar-refractivity contribution in [2.45, 2.75) is 45.6 Å². The van der Waals surface area contributed by atoms with Crippen LogP contribution in [0, 0.1) is 0 Å². The summed E-state index contributed by atoms with van der Waals surface area (Å²) in [6.07, 6.45) is 5.14. The maximum atomic E-state index is 2.59. The minimum atomic E-state index is 0.691. The quantitative estimate of drug-likeness (QED) is 0.725. The smallest absolute Gasteiger partial charge is 0.0401 e. The van der Waals surface area contributed by atoms with Gasteiger partial charge in [0.1, 0.15) is 0 Å². The number of rotatable bonds is 3. The van der Waals surface area contributed by atoms with Gasteiger partial charge in [-0.2, -0.15) is 0 Å². The van der Waals surface area contributed by atoms with Crippen LogP contribution < -0.4 is 4.90 Å². The maximum absolute atomic E-state index is 2.59. The lowest BCUT2D eigenvalue weighted by molar-refractivity contribution is 0.554. The van der Waals surface area contributed by atoms with Gasteiger partial charge >= 0.3 is 0 Å². The highest BCUT2D eigenvalue weighted by atomic mass is 15.2. The molecule has 0 fully saturated rings. The van der Waals surface area contributed by atoms with E-state index in [1.807, 2.05) is 0 Å². The molecule has 82 valence electrons. The zero-order chi connectivity index (χ0) is 10.7. The van der Waals surface area contributed by atoms with Crippen LogP contribution in [0.4, 0.5) is 5.69 Å². The fourth-order valence-electron chi connectivity index (χ4n) is 2.59. The van der Waals surface area contributed by atoms with Crippen molar-refractivity contribution in [1.29, 1.82) is 0 Å². The van der Waals surface area contributed by atoms with Crippen LogP contribution in [0.5, 0.6) is 0 Å². The molecule has 0 bridgehead atoms. The zero-order valence-electron chi connectivity index (χ0n) is 9.87. The van der Waals surface area contributed by atoms with Crippen LogP contribution in [0.2, 0.25) is 0 Å². The summed E-state index contributed by atoms with van der Waals surface area (Å²) < 4.78 is 0. The van der Waals surface area contributed by atoms with Gasteiger partial charge in [0.2, 0.25) is 0 Å². The van der Waals surface area contributed by atoms with Gasteiger partial charge in [-0.1, -0.05) is 31.5 Å². The number of fused-ring (bicyclic) bond motifs is 1. The molecule has 1 aliphatic rings. The molecule has 1 aromatic rings.